The first kappa shape index (κ1) is 14.9. The summed E-state index contributed by atoms with van der Waals surface area (Å²) >= 11 is 12.3. The van der Waals surface area contributed by atoms with Crippen LogP contribution in [-0.2, 0) is 0 Å². The predicted molar refractivity (Wildman–Crippen MR) is 83.1 cm³/mol. The van der Waals surface area contributed by atoms with Crippen molar-refractivity contribution >= 4 is 28.9 Å². The average molecular weight is 302 g/mol. The number of nitrogens with two attached hydrogens (primary N) is 1. The summed E-state index contributed by atoms with van der Waals surface area (Å²) in [6, 6.07) is 5.79. The number of anilines is 1. The van der Waals surface area contributed by atoms with Crippen molar-refractivity contribution in [2.45, 2.75) is 25.9 Å². The lowest BCUT2D eigenvalue weighted by molar-refractivity contribution is 0.179. The van der Waals surface area contributed by atoms with E-state index in [-0.39, 0.29) is 6.17 Å². The summed E-state index contributed by atoms with van der Waals surface area (Å²) < 4.78 is 0. The third kappa shape index (κ3) is 3.54. The Hall–Kier alpha value is -0.480. The van der Waals surface area contributed by atoms with Gasteiger partial charge in [-0.2, -0.15) is 0 Å². The molecule has 1 fully saturated rings. The molecule has 106 valence electrons. The van der Waals surface area contributed by atoms with Crippen LogP contribution in [0.5, 0.6) is 0 Å². The minimum Gasteiger partial charge on any atom is -0.368 e. The van der Waals surface area contributed by atoms with Crippen LogP contribution in [-0.4, -0.2) is 37.2 Å². The number of nitrogens with zero attached hydrogens (tertiary/aromatic N) is 2. The van der Waals surface area contributed by atoms with Crippen molar-refractivity contribution in [1.82, 2.24) is 4.90 Å². The molecule has 2 rings (SSSR count). The molecule has 1 aromatic rings. The second kappa shape index (κ2) is 6.80. The van der Waals surface area contributed by atoms with Gasteiger partial charge in [0.2, 0.25) is 0 Å². The smallest absolute Gasteiger partial charge is 0.0825 e. The topological polar surface area (TPSA) is 32.5 Å². The van der Waals surface area contributed by atoms with Gasteiger partial charge in [-0.15, -0.1) is 0 Å². The van der Waals surface area contributed by atoms with Crippen LogP contribution in [0.3, 0.4) is 0 Å². The van der Waals surface area contributed by atoms with Crippen molar-refractivity contribution in [3.05, 3.63) is 28.2 Å². The number of hydrogen-bond acceptors (Lipinski definition) is 3. The van der Waals surface area contributed by atoms with E-state index < -0.39 is 0 Å². The van der Waals surface area contributed by atoms with Gasteiger partial charge in [-0.25, -0.2) is 0 Å². The summed E-state index contributed by atoms with van der Waals surface area (Å²) in [5.74, 6) is 0. The third-order valence-electron chi connectivity index (χ3n) is 3.64. The molecule has 1 aromatic carbocycles. The number of rotatable bonds is 4. The molecule has 0 aliphatic carbocycles. The Kier molecular flexibility index (Phi) is 5.34. The first-order chi connectivity index (χ1) is 9.13. The van der Waals surface area contributed by atoms with E-state index in [4.69, 9.17) is 28.9 Å². The second-order valence-corrected chi connectivity index (χ2v) is 5.74. The fourth-order valence-corrected chi connectivity index (χ4v) is 2.92. The zero-order chi connectivity index (χ0) is 13.8. The fraction of sp³-hybridized carbons (Fsp3) is 0.571. The highest BCUT2D eigenvalue weighted by molar-refractivity contribution is 6.43. The van der Waals surface area contributed by atoms with Crippen LogP contribution in [0.25, 0.3) is 0 Å². The maximum absolute atomic E-state index is 6.26. The van der Waals surface area contributed by atoms with Gasteiger partial charge in [-0.1, -0.05) is 42.6 Å². The quantitative estimate of drug-likeness (QED) is 0.927. The summed E-state index contributed by atoms with van der Waals surface area (Å²) in [6.45, 7) is 6.00. The SMILES string of the molecule is CCCC(N)N1CCN(c2cccc(Cl)c2Cl)CC1. The normalized spacial score (nSPS) is 18.6. The van der Waals surface area contributed by atoms with E-state index in [0.717, 1.165) is 44.7 Å². The molecule has 1 unspecified atom stereocenters. The molecule has 1 saturated heterocycles. The number of piperazine rings is 1. The largest absolute Gasteiger partial charge is 0.368 e. The van der Waals surface area contributed by atoms with Crippen molar-refractivity contribution < 1.29 is 0 Å². The Balaban J connectivity index is 1.98. The fourth-order valence-electron chi connectivity index (χ4n) is 2.51. The van der Waals surface area contributed by atoms with Crippen molar-refractivity contribution in [1.29, 1.82) is 0 Å². The molecule has 2 N–H and O–H groups in total. The van der Waals surface area contributed by atoms with Gasteiger partial charge < -0.3 is 10.6 Å². The van der Waals surface area contributed by atoms with E-state index in [0.29, 0.717) is 10.0 Å². The van der Waals surface area contributed by atoms with E-state index in [1.807, 2.05) is 18.2 Å². The van der Waals surface area contributed by atoms with Crippen LogP contribution < -0.4 is 10.6 Å². The predicted octanol–water partition coefficient (Wildman–Crippen LogP) is 3.20. The van der Waals surface area contributed by atoms with Gasteiger partial charge in [0.15, 0.2) is 0 Å². The molecule has 0 aromatic heterocycles. The molecule has 0 spiro atoms. The molecule has 0 saturated carbocycles. The van der Waals surface area contributed by atoms with Gasteiger partial charge >= 0.3 is 0 Å². The second-order valence-electron chi connectivity index (χ2n) is 4.95. The molecule has 0 amide bonds. The van der Waals surface area contributed by atoms with E-state index >= 15 is 0 Å². The number of halogens is 2. The first-order valence-electron chi connectivity index (χ1n) is 6.82. The van der Waals surface area contributed by atoms with Crippen molar-refractivity contribution in [3.8, 4) is 0 Å². The summed E-state index contributed by atoms with van der Waals surface area (Å²) in [6.07, 6.45) is 2.36. The molecule has 1 aliphatic heterocycles. The molecule has 0 bridgehead atoms. The van der Waals surface area contributed by atoms with Gasteiger partial charge in [-0.3, -0.25) is 4.90 Å². The lowest BCUT2D eigenvalue weighted by Gasteiger charge is -2.39. The lowest BCUT2D eigenvalue weighted by Crippen LogP contribution is -2.53. The Morgan fingerprint density at radius 1 is 1.21 bits per heavy atom. The van der Waals surface area contributed by atoms with Crippen molar-refractivity contribution in [3.63, 3.8) is 0 Å². The van der Waals surface area contributed by atoms with Crippen molar-refractivity contribution in [2.24, 2.45) is 5.73 Å². The molecule has 19 heavy (non-hydrogen) atoms. The van der Waals surface area contributed by atoms with E-state index in [1.54, 1.807) is 0 Å². The molecule has 1 aliphatic rings. The average Bonchev–Trinajstić information content (AvgIpc) is 2.42. The maximum Gasteiger partial charge on any atom is 0.0825 e. The van der Waals surface area contributed by atoms with Crippen LogP contribution in [0.15, 0.2) is 18.2 Å². The highest BCUT2D eigenvalue weighted by Gasteiger charge is 2.22. The molecule has 1 atom stereocenters. The van der Waals surface area contributed by atoms with Crippen molar-refractivity contribution in [2.75, 3.05) is 31.1 Å². The zero-order valence-corrected chi connectivity index (χ0v) is 12.8. The first-order valence-corrected chi connectivity index (χ1v) is 7.57. The third-order valence-corrected chi connectivity index (χ3v) is 4.45. The number of hydrogen-bond donors (Lipinski definition) is 1. The molecule has 0 radical (unpaired) electrons. The van der Waals surface area contributed by atoms with E-state index in [9.17, 15) is 0 Å². The van der Waals surface area contributed by atoms with Gasteiger partial charge in [0.25, 0.3) is 0 Å². The highest BCUT2D eigenvalue weighted by Crippen LogP contribution is 2.32. The number of benzene rings is 1. The van der Waals surface area contributed by atoms with E-state index in [2.05, 4.69) is 16.7 Å². The minimum atomic E-state index is 0.182. The standard InChI is InChI=1S/C14H21Cl2N3/c1-2-4-13(17)19-9-7-18(8-10-19)12-6-3-5-11(15)14(12)16/h3,5-6,13H,2,4,7-10,17H2,1H3. The monoisotopic (exact) mass is 301 g/mol. The molecule has 3 nitrogen and oxygen atoms in total. The van der Waals surface area contributed by atoms with Crippen LogP contribution in [0, 0.1) is 0 Å². The minimum absolute atomic E-state index is 0.182. The molecular formula is C14H21Cl2N3. The Labute approximate surface area is 125 Å². The molecule has 1 heterocycles. The zero-order valence-electron chi connectivity index (χ0n) is 11.3. The Bertz CT molecular complexity index is 417. The van der Waals surface area contributed by atoms with E-state index in [1.165, 1.54) is 0 Å². The Morgan fingerprint density at radius 3 is 2.53 bits per heavy atom. The van der Waals surface area contributed by atoms with Crippen LogP contribution in [0.2, 0.25) is 10.0 Å². The van der Waals surface area contributed by atoms with Crippen LogP contribution in [0.4, 0.5) is 5.69 Å². The van der Waals surface area contributed by atoms with Crippen LogP contribution >= 0.6 is 23.2 Å². The van der Waals surface area contributed by atoms with Crippen LogP contribution in [0.1, 0.15) is 19.8 Å². The molecular weight excluding hydrogens is 281 g/mol. The van der Waals surface area contributed by atoms with Gasteiger partial charge in [0.05, 0.1) is 21.9 Å². The van der Waals surface area contributed by atoms with Gasteiger partial charge in [0, 0.05) is 26.2 Å². The molecule has 5 heteroatoms. The summed E-state index contributed by atoms with van der Waals surface area (Å²) in [7, 11) is 0. The Morgan fingerprint density at radius 2 is 1.89 bits per heavy atom. The summed E-state index contributed by atoms with van der Waals surface area (Å²) in [4.78, 5) is 4.63. The summed E-state index contributed by atoms with van der Waals surface area (Å²) in [5, 5.41) is 1.26. The lowest BCUT2D eigenvalue weighted by atomic mass is 10.2. The maximum atomic E-state index is 6.26. The van der Waals surface area contributed by atoms with Gasteiger partial charge in [0.1, 0.15) is 0 Å². The van der Waals surface area contributed by atoms with Gasteiger partial charge in [-0.05, 0) is 18.6 Å². The highest BCUT2D eigenvalue weighted by atomic mass is 35.5. The summed E-state index contributed by atoms with van der Waals surface area (Å²) in [5.41, 5.74) is 7.18.